The van der Waals surface area contributed by atoms with Gasteiger partial charge in [-0.1, -0.05) is 0 Å². The molecule has 0 atom stereocenters. The third-order valence-electron chi connectivity index (χ3n) is 1.67. The maximum absolute atomic E-state index is 5.68. The number of aromatic amines is 1. The Hall–Kier alpha value is -1.14. The van der Waals surface area contributed by atoms with Gasteiger partial charge in [-0.05, 0) is 34.5 Å². The van der Waals surface area contributed by atoms with E-state index in [0.29, 0.717) is 11.6 Å². The lowest BCUT2D eigenvalue weighted by Crippen LogP contribution is -1.96. The Labute approximate surface area is 99.4 Å². The first-order valence-corrected chi connectivity index (χ1v) is 5.29. The first kappa shape index (κ1) is 10.4. The molecule has 0 aromatic carbocycles. The highest BCUT2D eigenvalue weighted by molar-refractivity contribution is 9.10. The summed E-state index contributed by atoms with van der Waals surface area (Å²) >= 11 is 8.99. The zero-order valence-electron chi connectivity index (χ0n) is 7.75. The molecule has 7 heteroatoms. The summed E-state index contributed by atoms with van der Waals surface area (Å²) in [5.41, 5.74) is 0.966. The minimum Gasteiger partial charge on any atom is -0.322 e. The van der Waals surface area contributed by atoms with Gasteiger partial charge >= 0.3 is 0 Å². The highest BCUT2D eigenvalue weighted by Gasteiger charge is 2.05. The van der Waals surface area contributed by atoms with Gasteiger partial charge in [0, 0.05) is 18.0 Å². The van der Waals surface area contributed by atoms with Crippen LogP contribution in [0.4, 0.5) is 11.6 Å². The largest absolute Gasteiger partial charge is 0.322 e. The van der Waals surface area contributed by atoms with Crippen LogP contribution in [0.1, 0.15) is 5.69 Å². The normalized spacial score (nSPS) is 10.3. The van der Waals surface area contributed by atoms with E-state index < -0.39 is 0 Å². The Morgan fingerprint density at radius 3 is 3.00 bits per heavy atom. The van der Waals surface area contributed by atoms with Crippen molar-refractivity contribution >= 4 is 39.2 Å². The molecule has 0 amide bonds. The van der Waals surface area contributed by atoms with Gasteiger partial charge in [-0.3, -0.25) is 5.10 Å². The highest BCUT2D eigenvalue weighted by Crippen LogP contribution is 2.23. The molecule has 0 bridgehead atoms. The van der Waals surface area contributed by atoms with Crippen molar-refractivity contribution < 1.29 is 0 Å². The summed E-state index contributed by atoms with van der Waals surface area (Å²) in [5, 5.41) is 10.0. The van der Waals surface area contributed by atoms with Crippen LogP contribution in [0.25, 0.3) is 0 Å². The smallest absolute Gasteiger partial charge is 0.224 e. The first-order valence-electron chi connectivity index (χ1n) is 4.12. The van der Waals surface area contributed by atoms with E-state index in [1.165, 1.54) is 0 Å². The predicted molar refractivity (Wildman–Crippen MR) is 61.3 cm³/mol. The lowest BCUT2D eigenvalue weighted by molar-refractivity contribution is 1.04. The average molecular weight is 289 g/mol. The van der Waals surface area contributed by atoms with E-state index in [4.69, 9.17) is 11.6 Å². The molecule has 0 spiro atoms. The molecule has 0 fully saturated rings. The van der Waals surface area contributed by atoms with Crippen LogP contribution < -0.4 is 5.32 Å². The molecule has 15 heavy (non-hydrogen) atoms. The summed E-state index contributed by atoms with van der Waals surface area (Å²) < 4.78 is 0.729. The third-order valence-corrected chi connectivity index (χ3v) is 2.43. The van der Waals surface area contributed by atoms with Crippen molar-refractivity contribution in [2.75, 3.05) is 5.32 Å². The first-order chi connectivity index (χ1) is 7.15. The van der Waals surface area contributed by atoms with Crippen LogP contribution in [0.5, 0.6) is 0 Å². The molecule has 2 N–H and O–H groups in total. The topological polar surface area (TPSA) is 66.5 Å². The average Bonchev–Trinajstić information content (AvgIpc) is 2.58. The predicted octanol–water partition coefficient (Wildman–Crippen LogP) is 2.67. The Kier molecular flexibility index (Phi) is 2.88. The van der Waals surface area contributed by atoms with E-state index in [-0.39, 0.29) is 5.28 Å². The molecule has 5 nitrogen and oxygen atoms in total. The summed E-state index contributed by atoms with van der Waals surface area (Å²) in [5.74, 6) is 1.27. The monoisotopic (exact) mass is 287 g/mol. The molecular formula is C8H7BrClN5. The summed E-state index contributed by atoms with van der Waals surface area (Å²) in [4.78, 5) is 7.85. The molecule has 0 radical (unpaired) electrons. The number of H-pyrrole nitrogens is 1. The van der Waals surface area contributed by atoms with E-state index in [2.05, 4.69) is 41.4 Å². The van der Waals surface area contributed by atoms with Crippen molar-refractivity contribution in [1.29, 1.82) is 0 Å². The van der Waals surface area contributed by atoms with Crippen LogP contribution in [0.2, 0.25) is 5.28 Å². The van der Waals surface area contributed by atoms with E-state index in [9.17, 15) is 0 Å². The number of hydrogen-bond donors (Lipinski definition) is 2. The molecule has 2 rings (SSSR count). The summed E-state index contributed by atoms with van der Waals surface area (Å²) in [6.07, 6.45) is 1.58. The van der Waals surface area contributed by atoms with Crippen molar-refractivity contribution in [1.82, 2.24) is 20.2 Å². The molecule has 0 aliphatic heterocycles. The number of hydrogen-bond acceptors (Lipinski definition) is 4. The maximum atomic E-state index is 5.68. The van der Waals surface area contributed by atoms with Crippen LogP contribution in [0.3, 0.4) is 0 Å². The molecule has 0 saturated heterocycles. The third kappa shape index (κ3) is 2.45. The Bertz CT molecular complexity index is 484. The van der Waals surface area contributed by atoms with Crippen molar-refractivity contribution in [2.45, 2.75) is 6.92 Å². The molecule has 78 valence electrons. The number of rotatable bonds is 2. The van der Waals surface area contributed by atoms with Crippen LogP contribution in [0.15, 0.2) is 16.7 Å². The SMILES string of the molecule is Cc1cc(Nc2nc(Cl)ncc2Br)n[nH]1. The van der Waals surface area contributed by atoms with Crippen LogP contribution in [0, 0.1) is 6.92 Å². The van der Waals surface area contributed by atoms with Gasteiger partial charge < -0.3 is 5.32 Å². The standard InChI is InChI=1S/C8H7BrClN5/c1-4-2-6(15-14-4)12-7-5(9)3-11-8(10)13-7/h2-3H,1H3,(H2,11,12,13,14,15). The Morgan fingerprint density at radius 2 is 2.33 bits per heavy atom. The summed E-state index contributed by atoms with van der Waals surface area (Å²) in [7, 11) is 0. The van der Waals surface area contributed by atoms with Crippen LogP contribution in [-0.4, -0.2) is 20.2 Å². The Morgan fingerprint density at radius 1 is 1.53 bits per heavy atom. The minimum atomic E-state index is 0.188. The number of aryl methyl sites for hydroxylation is 1. The molecule has 2 aromatic rings. The fraction of sp³-hybridized carbons (Fsp3) is 0.125. The van der Waals surface area contributed by atoms with Gasteiger partial charge in [0.1, 0.15) is 0 Å². The molecule has 0 aliphatic carbocycles. The van der Waals surface area contributed by atoms with E-state index in [1.54, 1.807) is 6.20 Å². The number of nitrogens with zero attached hydrogens (tertiary/aromatic N) is 3. The van der Waals surface area contributed by atoms with Crippen molar-refractivity contribution in [3.05, 3.63) is 27.7 Å². The fourth-order valence-corrected chi connectivity index (χ4v) is 1.46. The van der Waals surface area contributed by atoms with Gasteiger partial charge in [-0.2, -0.15) is 10.1 Å². The quantitative estimate of drug-likeness (QED) is 0.834. The maximum Gasteiger partial charge on any atom is 0.224 e. The molecule has 0 aliphatic rings. The van der Waals surface area contributed by atoms with Gasteiger partial charge in [0.05, 0.1) is 4.47 Å². The second kappa shape index (κ2) is 4.16. The lowest BCUT2D eigenvalue weighted by Gasteiger charge is -2.03. The number of aromatic nitrogens is 4. The van der Waals surface area contributed by atoms with Crippen LogP contribution in [-0.2, 0) is 0 Å². The van der Waals surface area contributed by atoms with Gasteiger partial charge in [0.25, 0.3) is 0 Å². The number of anilines is 2. The zero-order valence-corrected chi connectivity index (χ0v) is 10.1. The van der Waals surface area contributed by atoms with Crippen molar-refractivity contribution in [3.63, 3.8) is 0 Å². The van der Waals surface area contributed by atoms with Crippen molar-refractivity contribution in [3.8, 4) is 0 Å². The fourth-order valence-electron chi connectivity index (χ4n) is 1.04. The molecule has 2 aromatic heterocycles. The molecular weight excluding hydrogens is 281 g/mol. The zero-order chi connectivity index (χ0) is 10.8. The molecule has 2 heterocycles. The Balaban J connectivity index is 2.27. The van der Waals surface area contributed by atoms with Gasteiger partial charge in [-0.15, -0.1) is 0 Å². The number of nitrogens with one attached hydrogen (secondary N) is 2. The van der Waals surface area contributed by atoms with Gasteiger partial charge in [0.2, 0.25) is 5.28 Å². The minimum absolute atomic E-state index is 0.188. The van der Waals surface area contributed by atoms with Crippen molar-refractivity contribution in [2.24, 2.45) is 0 Å². The summed E-state index contributed by atoms with van der Waals surface area (Å²) in [6.45, 7) is 1.92. The molecule has 0 unspecified atom stereocenters. The molecule has 0 saturated carbocycles. The van der Waals surface area contributed by atoms with E-state index in [0.717, 1.165) is 10.2 Å². The summed E-state index contributed by atoms with van der Waals surface area (Å²) in [6, 6.07) is 1.86. The second-order valence-corrected chi connectivity index (χ2v) is 4.09. The van der Waals surface area contributed by atoms with Gasteiger partial charge in [-0.25, -0.2) is 4.98 Å². The number of halogens is 2. The van der Waals surface area contributed by atoms with Crippen LogP contribution >= 0.6 is 27.5 Å². The lowest BCUT2D eigenvalue weighted by atomic mass is 10.4. The van der Waals surface area contributed by atoms with Gasteiger partial charge in [0.15, 0.2) is 11.6 Å². The highest BCUT2D eigenvalue weighted by atomic mass is 79.9. The van der Waals surface area contributed by atoms with E-state index in [1.807, 2.05) is 13.0 Å². The van der Waals surface area contributed by atoms with E-state index >= 15 is 0 Å². The second-order valence-electron chi connectivity index (χ2n) is 2.90.